The van der Waals surface area contributed by atoms with Gasteiger partial charge < -0.3 is 9.47 Å². The van der Waals surface area contributed by atoms with Crippen molar-refractivity contribution in [3.05, 3.63) is 35.9 Å². The summed E-state index contributed by atoms with van der Waals surface area (Å²) in [6, 6.07) is 11.1. The van der Waals surface area contributed by atoms with E-state index in [1.165, 1.54) is 5.56 Å². The molecule has 0 aromatic heterocycles. The number of epoxide rings is 2. The molecular formula is C14H19NO2. The Labute approximate surface area is 102 Å². The molecule has 17 heavy (non-hydrogen) atoms. The number of nitrogens with zero attached hydrogens (tertiary/aromatic N) is 1. The van der Waals surface area contributed by atoms with Gasteiger partial charge in [0.15, 0.2) is 0 Å². The number of benzene rings is 1. The van der Waals surface area contributed by atoms with Gasteiger partial charge in [-0.05, 0) is 12.5 Å². The van der Waals surface area contributed by atoms with Crippen molar-refractivity contribution in [3.8, 4) is 0 Å². The van der Waals surface area contributed by atoms with Gasteiger partial charge in [0.1, 0.15) is 0 Å². The molecule has 0 spiro atoms. The fourth-order valence-corrected chi connectivity index (χ4v) is 2.20. The second-order valence-corrected chi connectivity index (χ2v) is 4.95. The Morgan fingerprint density at radius 3 is 2.12 bits per heavy atom. The number of hydrogen-bond acceptors (Lipinski definition) is 3. The van der Waals surface area contributed by atoms with Crippen LogP contribution in [0.3, 0.4) is 0 Å². The van der Waals surface area contributed by atoms with Gasteiger partial charge in [0.2, 0.25) is 0 Å². The highest BCUT2D eigenvalue weighted by molar-refractivity contribution is 5.18. The SMILES string of the molecule is CC(c1ccccc1)N(CC1CO1)CC1CO1. The molecule has 2 heterocycles. The van der Waals surface area contributed by atoms with Crippen LogP contribution in [-0.2, 0) is 9.47 Å². The van der Waals surface area contributed by atoms with E-state index in [0.29, 0.717) is 18.2 Å². The Hall–Kier alpha value is -0.900. The zero-order valence-electron chi connectivity index (χ0n) is 10.2. The minimum atomic E-state index is 0.435. The molecule has 3 heteroatoms. The van der Waals surface area contributed by atoms with Gasteiger partial charge in [-0.3, -0.25) is 4.90 Å². The van der Waals surface area contributed by atoms with Crippen molar-refractivity contribution in [3.63, 3.8) is 0 Å². The predicted octanol–water partition coefficient (Wildman–Crippen LogP) is 1.85. The third-order valence-corrected chi connectivity index (χ3v) is 3.51. The van der Waals surface area contributed by atoms with Gasteiger partial charge >= 0.3 is 0 Å². The largest absolute Gasteiger partial charge is 0.372 e. The zero-order valence-corrected chi connectivity index (χ0v) is 10.2. The Bertz CT molecular complexity index is 346. The summed E-state index contributed by atoms with van der Waals surface area (Å²) in [6.45, 7) is 6.15. The Morgan fingerprint density at radius 1 is 1.12 bits per heavy atom. The van der Waals surface area contributed by atoms with E-state index < -0.39 is 0 Å². The van der Waals surface area contributed by atoms with E-state index in [1.54, 1.807) is 0 Å². The second kappa shape index (κ2) is 4.77. The van der Waals surface area contributed by atoms with E-state index in [2.05, 4.69) is 42.2 Å². The summed E-state index contributed by atoms with van der Waals surface area (Å²) in [7, 11) is 0. The lowest BCUT2D eigenvalue weighted by molar-refractivity contribution is 0.173. The maximum absolute atomic E-state index is 5.34. The van der Waals surface area contributed by atoms with Gasteiger partial charge in [-0.15, -0.1) is 0 Å². The average molecular weight is 233 g/mol. The van der Waals surface area contributed by atoms with E-state index in [9.17, 15) is 0 Å². The maximum Gasteiger partial charge on any atom is 0.0936 e. The van der Waals surface area contributed by atoms with Crippen molar-refractivity contribution in [2.24, 2.45) is 0 Å². The lowest BCUT2D eigenvalue weighted by Gasteiger charge is -2.28. The molecule has 2 fully saturated rings. The molecule has 2 saturated heterocycles. The summed E-state index contributed by atoms with van der Waals surface area (Å²) in [5.41, 5.74) is 1.37. The van der Waals surface area contributed by atoms with E-state index in [0.717, 1.165) is 26.3 Å². The molecule has 0 amide bonds. The van der Waals surface area contributed by atoms with Crippen molar-refractivity contribution >= 4 is 0 Å². The molecule has 0 aliphatic carbocycles. The molecule has 3 rings (SSSR count). The van der Waals surface area contributed by atoms with Crippen LogP contribution in [0.25, 0.3) is 0 Å². The monoisotopic (exact) mass is 233 g/mol. The van der Waals surface area contributed by atoms with Gasteiger partial charge in [-0.1, -0.05) is 30.3 Å². The normalized spacial score (nSPS) is 28.1. The fourth-order valence-electron chi connectivity index (χ4n) is 2.20. The molecule has 1 aromatic rings. The minimum Gasteiger partial charge on any atom is -0.372 e. The van der Waals surface area contributed by atoms with Crippen LogP contribution in [0.5, 0.6) is 0 Å². The van der Waals surface area contributed by atoms with E-state index in [-0.39, 0.29) is 0 Å². The van der Waals surface area contributed by atoms with Crippen LogP contribution in [0.2, 0.25) is 0 Å². The van der Waals surface area contributed by atoms with Crippen molar-refractivity contribution in [1.29, 1.82) is 0 Å². The van der Waals surface area contributed by atoms with Crippen LogP contribution < -0.4 is 0 Å². The lowest BCUT2D eigenvalue weighted by atomic mass is 10.1. The summed E-state index contributed by atoms with van der Waals surface area (Å²) >= 11 is 0. The predicted molar refractivity (Wildman–Crippen MR) is 65.9 cm³/mol. The van der Waals surface area contributed by atoms with Crippen molar-refractivity contribution in [1.82, 2.24) is 4.90 Å². The molecule has 0 bridgehead atoms. The van der Waals surface area contributed by atoms with Crippen LogP contribution in [-0.4, -0.2) is 43.4 Å². The molecule has 3 nitrogen and oxygen atoms in total. The maximum atomic E-state index is 5.34. The van der Waals surface area contributed by atoms with Crippen LogP contribution in [0.1, 0.15) is 18.5 Å². The highest BCUT2D eigenvalue weighted by atomic mass is 16.6. The molecule has 0 saturated carbocycles. The molecule has 1 aromatic carbocycles. The first-order valence-electron chi connectivity index (χ1n) is 6.35. The summed E-state index contributed by atoms with van der Waals surface area (Å²) in [4.78, 5) is 2.48. The Kier molecular flexibility index (Phi) is 3.14. The summed E-state index contributed by atoms with van der Waals surface area (Å²) in [5.74, 6) is 0. The van der Waals surface area contributed by atoms with Crippen molar-refractivity contribution in [2.75, 3.05) is 26.3 Å². The zero-order chi connectivity index (χ0) is 11.7. The minimum absolute atomic E-state index is 0.435. The molecule has 92 valence electrons. The van der Waals surface area contributed by atoms with Gasteiger partial charge in [0.25, 0.3) is 0 Å². The van der Waals surface area contributed by atoms with E-state index >= 15 is 0 Å². The van der Waals surface area contributed by atoms with Gasteiger partial charge in [0, 0.05) is 19.1 Å². The lowest BCUT2D eigenvalue weighted by Crippen LogP contribution is -2.34. The molecule has 0 radical (unpaired) electrons. The van der Waals surface area contributed by atoms with E-state index in [1.807, 2.05) is 0 Å². The van der Waals surface area contributed by atoms with Crippen LogP contribution >= 0.6 is 0 Å². The highest BCUT2D eigenvalue weighted by Gasteiger charge is 2.32. The summed E-state index contributed by atoms with van der Waals surface area (Å²) in [5, 5.41) is 0. The highest BCUT2D eigenvalue weighted by Crippen LogP contribution is 2.25. The van der Waals surface area contributed by atoms with Crippen LogP contribution in [0, 0.1) is 0 Å². The number of ether oxygens (including phenoxy) is 2. The second-order valence-electron chi connectivity index (χ2n) is 4.95. The Morgan fingerprint density at radius 2 is 1.65 bits per heavy atom. The Balaban J connectivity index is 1.67. The molecular weight excluding hydrogens is 214 g/mol. The van der Waals surface area contributed by atoms with Crippen LogP contribution in [0.15, 0.2) is 30.3 Å². The fraction of sp³-hybridized carbons (Fsp3) is 0.571. The number of hydrogen-bond donors (Lipinski definition) is 0. The van der Waals surface area contributed by atoms with Crippen molar-refractivity contribution in [2.45, 2.75) is 25.2 Å². The topological polar surface area (TPSA) is 28.3 Å². The molecule has 3 unspecified atom stereocenters. The number of rotatable bonds is 6. The average Bonchev–Trinajstić information content (AvgIpc) is 3.23. The van der Waals surface area contributed by atoms with Gasteiger partial charge in [0.05, 0.1) is 25.4 Å². The summed E-state index contributed by atoms with van der Waals surface area (Å²) < 4.78 is 10.7. The quantitative estimate of drug-likeness (QED) is 0.702. The smallest absolute Gasteiger partial charge is 0.0936 e. The molecule has 2 aliphatic heterocycles. The first-order chi connectivity index (χ1) is 8.33. The van der Waals surface area contributed by atoms with Gasteiger partial charge in [-0.2, -0.15) is 0 Å². The van der Waals surface area contributed by atoms with Crippen LogP contribution in [0.4, 0.5) is 0 Å². The first-order valence-corrected chi connectivity index (χ1v) is 6.35. The molecule has 2 aliphatic rings. The standard InChI is InChI=1S/C14H19NO2/c1-11(12-5-3-2-4-6-12)15(7-13-9-16-13)8-14-10-17-14/h2-6,11,13-14H,7-10H2,1H3. The summed E-state index contributed by atoms with van der Waals surface area (Å²) in [6.07, 6.45) is 0.889. The third-order valence-electron chi connectivity index (χ3n) is 3.51. The first kappa shape index (κ1) is 11.2. The molecule has 0 N–H and O–H groups in total. The third kappa shape index (κ3) is 3.06. The molecule has 3 atom stereocenters. The van der Waals surface area contributed by atoms with Gasteiger partial charge in [-0.25, -0.2) is 0 Å². The van der Waals surface area contributed by atoms with E-state index in [4.69, 9.17) is 9.47 Å². The van der Waals surface area contributed by atoms with Crippen molar-refractivity contribution < 1.29 is 9.47 Å².